The molecule has 3 nitrogen and oxygen atoms in total. The number of hydrogen-bond acceptors (Lipinski definition) is 2. The monoisotopic (exact) mass is 248 g/mol. The SMILES string of the molecule is CC(C)NCCCC(=O)NCCc1ccccc1. The molecule has 0 aromatic heterocycles. The van der Waals surface area contributed by atoms with Gasteiger partial charge in [0.25, 0.3) is 0 Å². The van der Waals surface area contributed by atoms with Gasteiger partial charge in [-0.25, -0.2) is 0 Å². The van der Waals surface area contributed by atoms with E-state index in [2.05, 4.69) is 36.6 Å². The van der Waals surface area contributed by atoms with E-state index in [1.165, 1.54) is 5.56 Å². The van der Waals surface area contributed by atoms with Crippen molar-refractivity contribution in [2.24, 2.45) is 0 Å². The lowest BCUT2D eigenvalue weighted by Crippen LogP contribution is -2.28. The van der Waals surface area contributed by atoms with E-state index in [4.69, 9.17) is 0 Å². The van der Waals surface area contributed by atoms with Gasteiger partial charge in [-0.15, -0.1) is 0 Å². The summed E-state index contributed by atoms with van der Waals surface area (Å²) < 4.78 is 0. The van der Waals surface area contributed by atoms with Crippen LogP contribution in [-0.2, 0) is 11.2 Å². The first-order valence-corrected chi connectivity index (χ1v) is 6.72. The van der Waals surface area contributed by atoms with Crippen LogP contribution in [0.25, 0.3) is 0 Å². The Bertz CT molecular complexity index is 336. The third-order valence-corrected chi connectivity index (χ3v) is 2.71. The van der Waals surface area contributed by atoms with Crippen LogP contribution in [0.15, 0.2) is 30.3 Å². The van der Waals surface area contributed by atoms with Crippen LogP contribution in [0, 0.1) is 0 Å². The van der Waals surface area contributed by atoms with Crippen molar-refractivity contribution in [3.05, 3.63) is 35.9 Å². The van der Waals surface area contributed by atoms with E-state index in [0.717, 1.165) is 25.9 Å². The lowest BCUT2D eigenvalue weighted by atomic mass is 10.1. The molecule has 1 aromatic carbocycles. The van der Waals surface area contributed by atoms with Gasteiger partial charge in [-0.2, -0.15) is 0 Å². The van der Waals surface area contributed by atoms with Gasteiger partial charge < -0.3 is 10.6 Å². The quantitative estimate of drug-likeness (QED) is 0.692. The zero-order valence-electron chi connectivity index (χ0n) is 11.4. The van der Waals surface area contributed by atoms with Crippen molar-refractivity contribution < 1.29 is 4.79 Å². The first kappa shape index (κ1) is 14.7. The molecular weight excluding hydrogens is 224 g/mol. The highest BCUT2D eigenvalue weighted by Crippen LogP contribution is 1.98. The van der Waals surface area contributed by atoms with E-state index in [0.29, 0.717) is 12.5 Å². The summed E-state index contributed by atoms with van der Waals surface area (Å²) in [5.74, 6) is 0.150. The van der Waals surface area contributed by atoms with Gasteiger partial charge in [0.15, 0.2) is 0 Å². The number of hydrogen-bond donors (Lipinski definition) is 2. The van der Waals surface area contributed by atoms with Gasteiger partial charge in [-0.05, 0) is 24.9 Å². The number of nitrogens with one attached hydrogen (secondary N) is 2. The molecule has 0 aliphatic carbocycles. The molecule has 0 spiro atoms. The number of carbonyl (C=O) groups is 1. The lowest BCUT2D eigenvalue weighted by Gasteiger charge is -2.08. The van der Waals surface area contributed by atoms with Crippen molar-refractivity contribution in [2.75, 3.05) is 13.1 Å². The Morgan fingerprint density at radius 3 is 2.56 bits per heavy atom. The average Bonchev–Trinajstić information content (AvgIpc) is 2.36. The zero-order valence-corrected chi connectivity index (χ0v) is 11.4. The number of benzene rings is 1. The minimum Gasteiger partial charge on any atom is -0.356 e. The van der Waals surface area contributed by atoms with Crippen LogP contribution in [0.3, 0.4) is 0 Å². The Hall–Kier alpha value is -1.35. The van der Waals surface area contributed by atoms with Crippen LogP contribution in [-0.4, -0.2) is 25.0 Å². The maximum Gasteiger partial charge on any atom is 0.220 e. The van der Waals surface area contributed by atoms with Gasteiger partial charge in [-0.1, -0.05) is 44.2 Å². The van der Waals surface area contributed by atoms with E-state index in [1.54, 1.807) is 0 Å². The molecule has 0 aliphatic rings. The second-order valence-electron chi connectivity index (χ2n) is 4.80. The highest BCUT2D eigenvalue weighted by atomic mass is 16.1. The van der Waals surface area contributed by atoms with Crippen LogP contribution < -0.4 is 10.6 Å². The standard InChI is InChI=1S/C15H24N2O/c1-13(2)16-11-6-9-15(18)17-12-10-14-7-4-3-5-8-14/h3-5,7-8,13,16H,6,9-12H2,1-2H3,(H,17,18). The lowest BCUT2D eigenvalue weighted by molar-refractivity contribution is -0.121. The van der Waals surface area contributed by atoms with E-state index < -0.39 is 0 Å². The fourth-order valence-electron chi connectivity index (χ4n) is 1.72. The third-order valence-electron chi connectivity index (χ3n) is 2.71. The first-order valence-electron chi connectivity index (χ1n) is 6.72. The number of amides is 1. The minimum atomic E-state index is 0.150. The molecule has 0 bridgehead atoms. The predicted octanol–water partition coefficient (Wildman–Crippen LogP) is 2.12. The molecule has 0 unspecified atom stereocenters. The molecule has 0 aliphatic heterocycles. The smallest absolute Gasteiger partial charge is 0.220 e. The summed E-state index contributed by atoms with van der Waals surface area (Å²) in [4.78, 5) is 11.5. The second kappa shape index (κ2) is 8.70. The molecular formula is C15H24N2O. The third kappa shape index (κ3) is 7.07. The van der Waals surface area contributed by atoms with Crippen LogP contribution in [0.5, 0.6) is 0 Å². The summed E-state index contributed by atoms with van der Waals surface area (Å²) >= 11 is 0. The largest absolute Gasteiger partial charge is 0.356 e. The van der Waals surface area contributed by atoms with Crippen molar-refractivity contribution in [1.82, 2.24) is 10.6 Å². The minimum absolute atomic E-state index is 0.150. The summed E-state index contributed by atoms with van der Waals surface area (Å²) in [7, 11) is 0. The molecule has 0 atom stereocenters. The summed E-state index contributed by atoms with van der Waals surface area (Å²) in [6.07, 6.45) is 2.40. The van der Waals surface area contributed by atoms with Crippen LogP contribution in [0.1, 0.15) is 32.3 Å². The number of rotatable bonds is 8. The van der Waals surface area contributed by atoms with Crippen molar-refractivity contribution in [3.8, 4) is 0 Å². The maximum absolute atomic E-state index is 11.5. The topological polar surface area (TPSA) is 41.1 Å². The molecule has 1 amide bonds. The van der Waals surface area contributed by atoms with Gasteiger partial charge in [0.05, 0.1) is 0 Å². The summed E-state index contributed by atoms with van der Waals surface area (Å²) in [5.41, 5.74) is 1.26. The molecule has 1 aromatic rings. The van der Waals surface area contributed by atoms with Gasteiger partial charge in [0.2, 0.25) is 5.91 Å². The molecule has 0 saturated carbocycles. The normalized spacial score (nSPS) is 10.6. The van der Waals surface area contributed by atoms with Crippen molar-refractivity contribution in [2.45, 2.75) is 39.2 Å². The Balaban J connectivity index is 2.03. The summed E-state index contributed by atoms with van der Waals surface area (Å²) in [6.45, 7) is 5.85. The summed E-state index contributed by atoms with van der Waals surface area (Å²) in [6, 6.07) is 10.7. The molecule has 0 heterocycles. The molecule has 0 radical (unpaired) electrons. The molecule has 3 heteroatoms. The van der Waals surface area contributed by atoms with Crippen LogP contribution >= 0.6 is 0 Å². The Morgan fingerprint density at radius 2 is 1.89 bits per heavy atom. The second-order valence-corrected chi connectivity index (χ2v) is 4.80. The Kier molecular flexibility index (Phi) is 7.11. The molecule has 0 saturated heterocycles. The van der Waals surface area contributed by atoms with Crippen LogP contribution in [0.4, 0.5) is 0 Å². The molecule has 1 rings (SSSR count). The molecule has 2 N–H and O–H groups in total. The first-order chi connectivity index (χ1) is 8.68. The van der Waals surface area contributed by atoms with Crippen molar-refractivity contribution in [1.29, 1.82) is 0 Å². The van der Waals surface area contributed by atoms with E-state index in [-0.39, 0.29) is 5.91 Å². The van der Waals surface area contributed by atoms with E-state index in [9.17, 15) is 4.79 Å². The highest BCUT2D eigenvalue weighted by Gasteiger charge is 2.01. The van der Waals surface area contributed by atoms with Crippen molar-refractivity contribution in [3.63, 3.8) is 0 Å². The van der Waals surface area contributed by atoms with Gasteiger partial charge in [0, 0.05) is 19.0 Å². The molecule has 18 heavy (non-hydrogen) atoms. The summed E-state index contributed by atoms with van der Waals surface area (Å²) in [5, 5.41) is 6.26. The number of carbonyl (C=O) groups excluding carboxylic acids is 1. The predicted molar refractivity (Wildman–Crippen MR) is 75.5 cm³/mol. The zero-order chi connectivity index (χ0) is 13.2. The van der Waals surface area contributed by atoms with Crippen LogP contribution in [0.2, 0.25) is 0 Å². The van der Waals surface area contributed by atoms with E-state index >= 15 is 0 Å². The fraction of sp³-hybridized carbons (Fsp3) is 0.533. The fourth-order valence-corrected chi connectivity index (χ4v) is 1.72. The molecule has 0 fully saturated rings. The van der Waals surface area contributed by atoms with Gasteiger partial charge in [-0.3, -0.25) is 4.79 Å². The van der Waals surface area contributed by atoms with Crippen molar-refractivity contribution >= 4 is 5.91 Å². The highest BCUT2D eigenvalue weighted by molar-refractivity contribution is 5.75. The molecule has 100 valence electrons. The Labute approximate surface area is 110 Å². The average molecular weight is 248 g/mol. The van der Waals surface area contributed by atoms with E-state index in [1.807, 2.05) is 18.2 Å². The van der Waals surface area contributed by atoms with Gasteiger partial charge in [0.1, 0.15) is 0 Å². The van der Waals surface area contributed by atoms with Gasteiger partial charge >= 0.3 is 0 Å². The maximum atomic E-state index is 11.5. The Morgan fingerprint density at radius 1 is 1.17 bits per heavy atom.